The first-order valence-corrected chi connectivity index (χ1v) is 8.55. The first-order valence-electron chi connectivity index (χ1n) is 8.55. The van der Waals surface area contributed by atoms with Gasteiger partial charge in [0.05, 0.1) is 6.61 Å². The molecule has 122 valence electrons. The summed E-state index contributed by atoms with van der Waals surface area (Å²) in [7, 11) is 0. The largest absolute Gasteiger partial charge is 0.365 e. The minimum Gasteiger partial charge on any atom is -0.365 e. The summed E-state index contributed by atoms with van der Waals surface area (Å²) in [5.74, 6) is 0. The zero-order valence-electron chi connectivity index (χ0n) is 14.1. The van der Waals surface area contributed by atoms with Crippen LogP contribution in [0.15, 0.2) is 97.6 Å². The number of hydrogen-bond acceptors (Lipinski definition) is 1. The van der Waals surface area contributed by atoms with Gasteiger partial charge < -0.3 is 4.74 Å². The third-order valence-corrected chi connectivity index (χ3v) is 4.64. The van der Waals surface area contributed by atoms with E-state index in [0.29, 0.717) is 6.61 Å². The van der Waals surface area contributed by atoms with E-state index >= 15 is 0 Å². The van der Waals surface area contributed by atoms with E-state index in [-0.39, 0.29) is 6.10 Å². The number of fused-ring (bicyclic) bond motifs is 2. The molecular formula is C24H20O. The number of benzene rings is 4. The minimum absolute atomic E-state index is 0.134. The van der Waals surface area contributed by atoms with Crippen LogP contribution < -0.4 is 0 Å². The molecule has 0 N–H and O–H groups in total. The van der Waals surface area contributed by atoms with Gasteiger partial charge in [-0.25, -0.2) is 0 Å². The fraction of sp³-hybridized carbons (Fsp3) is 0.0833. The molecule has 0 aliphatic carbocycles. The van der Waals surface area contributed by atoms with E-state index in [9.17, 15) is 0 Å². The number of rotatable bonds is 5. The average Bonchev–Trinajstić information content (AvgIpc) is 2.68. The molecule has 0 aliphatic rings. The zero-order chi connectivity index (χ0) is 17.1. The quantitative estimate of drug-likeness (QED) is 0.384. The van der Waals surface area contributed by atoms with Gasteiger partial charge in [0.1, 0.15) is 6.10 Å². The molecule has 1 heteroatoms. The molecule has 4 rings (SSSR count). The van der Waals surface area contributed by atoms with Crippen LogP contribution in [-0.4, -0.2) is 0 Å². The second-order valence-corrected chi connectivity index (χ2v) is 6.17. The van der Waals surface area contributed by atoms with Crippen molar-refractivity contribution in [3.63, 3.8) is 0 Å². The van der Waals surface area contributed by atoms with Gasteiger partial charge in [0.25, 0.3) is 0 Å². The predicted molar refractivity (Wildman–Crippen MR) is 106 cm³/mol. The summed E-state index contributed by atoms with van der Waals surface area (Å²) >= 11 is 0. The van der Waals surface area contributed by atoms with Crippen LogP contribution in [0.4, 0.5) is 0 Å². The van der Waals surface area contributed by atoms with E-state index < -0.39 is 0 Å². The van der Waals surface area contributed by atoms with Crippen molar-refractivity contribution in [2.24, 2.45) is 0 Å². The Bertz CT molecular complexity index is 1020. The predicted octanol–water partition coefficient (Wildman–Crippen LogP) is 6.44. The van der Waals surface area contributed by atoms with Gasteiger partial charge in [-0.05, 0) is 32.7 Å². The molecule has 0 radical (unpaired) electrons. The maximum Gasteiger partial charge on any atom is 0.101 e. The maximum atomic E-state index is 6.26. The molecule has 25 heavy (non-hydrogen) atoms. The molecule has 4 aromatic carbocycles. The van der Waals surface area contributed by atoms with Crippen LogP contribution >= 0.6 is 0 Å². The Labute approximate surface area is 148 Å². The van der Waals surface area contributed by atoms with Crippen molar-refractivity contribution < 1.29 is 4.74 Å². The molecule has 0 bridgehead atoms. The van der Waals surface area contributed by atoms with Crippen LogP contribution in [0, 0.1) is 0 Å². The van der Waals surface area contributed by atoms with Gasteiger partial charge in [-0.15, -0.1) is 6.58 Å². The Morgan fingerprint density at radius 1 is 0.720 bits per heavy atom. The van der Waals surface area contributed by atoms with Gasteiger partial charge >= 0.3 is 0 Å². The Hall–Kier alpha value is -2.90. The van der Waals surface area contributed by atoms with Gasteiger partial charge in [0, 0.05) is 0 Å². The van der Waals surface area contributed by atoms with E-state index in [1.807, 2.05) is 6.08 Å². The summed E-state index contributed by atoms with van der Waals surface area (Å²) in [5, 5.41) is 4.92. The summed E-state index contributed by atoms with van der Waals surface area (Å²) in [6.07, 6.45) is 1.75. The highest BCUT2D eigenvalue weighted by molar-refractivity contribution is 5.86. The maximum absolute atomic E-state index is 6.26. The molecule has 0 spiro atoms. The molecule has 1 atom stereocenters. The smallest absolute Gasteiger partial charge is 0.101 e. The summed E-state index contributed by atoms with van der Waals surface area (Å²) in [6.45, 7) is 4.55. The van der Waals surface area contributed by atoms with Gasteiger partial charge in [-0.2, -0.15) is 0 Å². The fourth-order valence-electron chi connectivity index (χ4n) is 3.38. The zero-order valence-corrected chi connectivity index (χ0v) is 14.1. The van der Waals surface area contributed by atoms with Crippen LogP contribution in [-0.2, 0) is 11.3 Å². The summed E-state index contributed by atoms with van der Waals surface area (Å²) in [6, 6.07) is 29.5. The Balaban J connectivity index is 1.65. The van der Waals surface area contributed by atoms with Crippen LogP contribution in [0.25, 0.3) is 21.5 Å². The minimum atomic E-state index is -0.134. The molecule has 0 aromatic heterocycles. The Morgan fingerprint density at radius 3 is 2.08 bits per heavy atom. The molecule has 0 aliphatic heterocycles. The van der Waals surface area contributed by atoms with Crippen LogP contribution in [0.5, 0.6) is 0 Å². The molecule has 1 nitrogen and oxygen atoms in total. The standard InChI is InChI=1S/C24H20O/c1-2-24(23-16-8-12-19-10-4-6-15-22(19)23)25-17-20-13-7-11-18-9-3-5-14-21(18)20/h2-16,24H,1,17H2/t24-/m1/s1. The third kappa shape index (κ3) is 3.07. The van der Waals surface area contributed by atoms with Gasteiger partial charge in [-0.3, -0.25) is 0 Å². The highest BCUT2D eigenvalue weighted by Gasteiger charge is 2.12. The molecule has 0 saturated heterocycles. The average molecular weight is 324 g/mol. The second-order valence-electron chi connectivity index (χ2n) is 6.17. The number of hydrogen-bond donors (Lipinski definition) is 0. The highest BCUT2D eigenvalue weighted by Crippen LogP contribution is 2.29. The topological polar surface area (TPSA) is 9.23 Å². The fourth-order valence-corrected chi connectivity index (χ4v) is 3.38. The van der Waals surface area contributed by atoms with E-state index in [1.54, 1.807) is 0 Å². The molecular weight excluding hydrogens is 304 g/mol. The Kier molecular flexibility index (Phi) is 4.32. The van der Waals surface area contributed by atoms with Crippen molar-refractivity contribution in [1.82, 2.24) is 0 Å². The molecule has 0 unspecified atom stereocenters. The first kappa shape index (κ1) is 15.6. The van der Waals surface area contributed by atoms with Crippen LogP contribution in [0.3, 0.4) is 0 Å². The van der Waals surface area contributed by atoms with E-state index in [1.165, 1.54) is 27.1 Å². The van der Waals surface area contributed by atoms with E-state index in [2.05, 4.69) is 91.5 Å². The molecule has 0 saturated carbocycles. The molecule has 0 heterocycles. The summed E-state index contributed by atoms with van der Waals surface area (Å²) < 4.78 is 6.26. The Morgan fingerprint density at radius 2 is 1.32 bits per heavy atom. The lowest BCUT2D eigenvalue weighted by Gasteiger charge is -2.17. The third-order valence-electron chi connectivity index (χ3n) is 4.64. The van der Waals surface area contributed by atoms with Crippen LogP contribution in [0.1, 0.15) is 17.2 Å². The second kappa shape index (κ2) is 6.92. The van der Waals surface area contributed by atoms with Gasteiger partial charge in [-0.1, -0.05) is 91.0 Å². The van der Waals surface area contributed by atoms with Crippen molar-refractivity contribution in [3.05, 3.63) is 109 Å². The normalized spacial score (nSPS) is 12.3. The molecule has 0 fully saturated rings. The van der Waals surface area contributed by atoms with E-state index in [0.717, 1.165) is 5.56 Å². The molecule has 4 aromatic rings. The van der Waals surface area contributed by atoms with Crippen molar-refractivity contribution >= 4 is 21.5 Å². The van der Waals surface area contributed by atoms with Crippen molar-refractivity contribution in [1.29, 1.82) is 0 Å². The SMILES string of the molecule is C=C[C@@H](OCc1cccc2ccccc12)c1cccc2ccccc12. The van der Waals surface area contributed by atoms with Crippen molar-refractivity contribution in [2.45, 2.75) is 12.7 Å². The lowest BCUT2D eigenvalue weighted by atomic mass is 10.00. The van der Waals surface area contributed by atoms with Gasteiger partial charge in [0.2, 0.25) is 0 Å². The van der Waals surface area contributed by atoms with E-state index in [4.69, 9.17) is 4.74 Å². The molecule has 0 amide bonds. The lowest BCUT2D eigenvalue weighted by molar-refractivity contribution is 0.0737. The summed E-state index contributed by atoms with van der Waals surface area (Å²) in [4.78, 5) is 0. The lowest BCUT2D eigenvalue weighted by Crippen LogP contribution is -2.03. The van der Waals surface area contributed by atoms with Crippen LogP contribution in [0.2, 0.25) is 0 Å². The van der Waals surface area contributed by atoms with Crippen molar-refractivity contribution in [2.75, 3.05) is 0 Å². The van der Waals surface area contributed by atoms with Crippen molar-refractivity contribution in [3.8, 4) is 0 Å². The first-order chi connectivity index (χ1) is 12.4. The summed E-state index contributed by atoms with van der Waals surface area (Å²) in [5.41, 5.74) is 2.36. The van der Waals surface area contributed by atoms with Gasteiger partial charge in [0.15, 0.2) is 0 Å². The number of ether oxygens (including phenoxy) is 1. The highest BCUT2D eigenvalue weighted by atomic mass is 16.5. The monoisotopic (exact) mass is 324 g/mol.